The van der Waals surface area contributed by atoms with Gasteiger partial charge in [0, 0.05) is 19.0 Å². The van der Waals surface area contributed by atoms with E-state index >= 15 is 0 Å². The van der Waals surface area contributed by atoms with Gasteiger partial charge in [0.15, 0.2) is 5.54 Å². The second-order valence-electron chi connectivity index (χ2n) is 4.21. The van der Waals surface area contributed by atoms with Crippen LogP contribution in [0, 0.1) is 6.92 Å². The third-order valence-electron chi connectivity index (χ3n) is 2.47. The third-order valence-corrected chi connectivity index (χ3v) is 2.47. The minimum Gasteiger partial charge on any atom is -0.479 e. The van der Waals surface area contributed by atoms with Gasteiger partial charge < -0.3 is 15.2 Å². The van der Waals surface area contributed by atoms with Crippen LogP contribution in [0.5, 0.6) is 0 Å². The maximum atomic E-state index is 11.9. The smallest absolute Gasteiger partial charge is 0.331 e. The molecule has 0 bridgehead atoms. The summed E-state index contributed by atoms with van der Waals surface area (Å²) in [6.07, 6.45) is 1.40. The third kappa shape index (κ3) is 3.27. The fraction of sp³-hybridized carbons (Fsp3) is 0.417. The molecule has 0 aliphatic rings. The van der Waals surface area contributed by atoms with Crippen molar-refractivity contribution in [3.63, 3.8) is 0 Å². The summed E-state index contributed by atoms with van der Waals surface area (Å²) in [5.74, 6) is -1.65. The Bertz CT molecular complexity index is 444. The van der Waals surface area contributed by atoms with E-state index in [0.717, 1.165) is 5.69 Å². The van der Waals surface area contributed by atoms with Gasteiger partial charge in [-0.1, -0.05) is 0 Å². The first kappa shape index (κ1) is 14.1. The number of carboxylic acid groups (broad SMARTS) is 1. The molecule has 1 rings (SSSR count). The molecule has 0 aromatic carbocycles. The lowest BCUT2D eigenvalue weighted by atomic mass is 10.0. The number of aryl methyl sites for hydroxylation is 1. The fourth-order valence-electron chi connectivity index (χ4n) is 1.36. The Morgan fingerprint density at radius 1 is 1.50 bits per heavy atom. The van der Waals surface area contributed by atoms with E-state index < -0.39 is 17.4 Å². The van der Waals surface area contributed by atoms with Crippen molar-refractivity contribution in [2.75, 3.05) is 13.7 Å². The molecule has 1 aromatic heterocycles. The maximum absolute atomic E-state index is 11.9. The van der Waals surface area contributed by atoms with E-state index in [4.69, 9.17) is 9.84 Å². The van der Waals surface area contributed by atoms with Crippen LogP contribution in [0.4, 0.5) is 0 Å². The number of rotatable bonds is 5. The highest BCUT2D eigenvalue weighted by Gasteiger charge is 2.35. The van der Waals surface area contributed by atoms with Crippen molar-refractivity contribution >= 4 is 11.9 Å². The van der Waals surface area contributed by atoms with Crippen LogP contribution in [-0.4, -0.2) is 41.2 Å². The number of hydrogen-bond acceptors (Lipinski definition) is 4. The van der Waals surface area contributed by atoms with Gasteiger partial charge in [-0.3, -0.25) is 9.78 Å². The highest BCUT2D eigenvalue weighted by molar-refractivity contribution is 5.97. The molecule has 6 heteroatoms. The number of aromatic nitrogens is 1. The maximum Gasteiger partial charge on any atom is 0.331 e. The van der Waals surface area contributed by atoms with Crippen LogP contribution < -0.4 is 5.32 Å². The largest absolute Gasteiger partial charge is 0.479 e. The predicted molar refractivity (Wildman–Crippen MR) is 64.4 cm³/mol. The van der Waals surface area contributed by atoms with Gasteiger partial charge in [0.2, 0.25) is 0 Å². The van der Waals surface area contributed by atoms with Crippen LogP contribution in [-0.2, 0) is 9.53 Å². The van der Waals surface area contributed by atoms with Crippen molar-refractivity contribution < 1.29 is 19.4 Å². The summed E-state index contributed by atoms with van der Waals surface area (Å²) in [7, 11) is 1.38. The van der Waals surface area contributed by atoms with Crippen molar-refractivity contribution in [3.05, 3.63) is 29.6 Å². The predicted octanol–water partition coefficient (Wildman–Crippen LogP) is 0.610. The summed E-state index contributed by atoms with van der Waals surface area (Å²) in [4.78, 5) is 27.0. The van der Waals surface area contributed by atoms with Gasteiger partial charge in [0.25, 0.3) is 5.91 Å². The molecule has 0 fully saturated rings. The van der Waals surface area contributed by atoms with Gasteiger partial charge in [-0.2, -0.15) is 0 Å². The molecule has 0 aliphatic heterocycles. The van der Waals surface area contributed by atoms with Crippen LogP contribution in [0.3, 0.4) is 0 Å². The Labute approximate surface area is 105 Å². The fourth-order valence-corrected chi connectivity index (χ4v) is 1.36. The lowest BCUT2D eigenvalue weighted by Crippen LogP contribution is -2.55. The van der Waals surface area contributed by atoms with E-state index in [2.05, 4.69) is 10.3 Å². The number of ether oxygens (including phenoxy) is 1. The molecule has 0 saturated carbocycles. The Balaban J connectivity index is 2.85. The Kier molecular flexibility index (Phi) is 4.38. The molecular weight excluding hydrogens is 236 g/mol. The first-order valence-corrected chi connectivity index (χ1v) is 5.36. The second-order valence-corrected chi connectivity index (χ2v) is 4.21. The number of carbonyl (C=O) groups is 2. The first-order chi connectivity index (χ1) is 8.39. The number of amides is 1. The number of carbonyl (C=O) groups excluding carboxylic acids is 1. The minimum absolute atomic E-state index is 0.118. The van der Waals surface area contributed by atoms with E-state index in [9.17, 15) is 9.59 Å². The van der Waals surface area contributed by atoms with Crippen LogP contribution in [0.1, 0.15) is 23.0 Å². The van der Waals surface area contributed by atoms with E-state index in [0.29, 0.717) is 5.56 Å². The van der Waals surface area contributed by atoms with Gasteiger partial charge >= 0.3 is 5.97 Å². The molecule has 2 N–H and O–H groups in total. The zero-order valence-electron chi connectivity index (χ0n) is 10.6. The standard InChI is InChI=1S/C12H16N2O4/c1-8-4-5-9(6-13-8)10(15)14-12(2,7-18-3)11(16)17/h4-6H,7H2,1-3H3,(H,14,15)(H,16,17). The molecule has 1 heterocycles. The SMILES string of the molecule is COCC(C)(NC(=O)c1ccc(C)nc1)C(=O)O. The lowest BCUT2D eigenvalue weighted by Gasteiger charge is -2.25. The average Bonchev–Trinajstić information content (AvgIpc) is 2.29. The van der Waals surface area contributed by atoms with E-state index in [1.807, 2.05) is 0 Å². The molecule has 0 saturated heterocycles. The molecule has 0 aliphatic carbocycles. The highest BCUT2D eigenvalue weighted by atomic mass is 16.5. The van der Waals surface area contributed by atoms with Gasteiger partial charge in [-0.05, 0) is 26.0 Å². The van der Waals surface area contributed by atoms with Crippen molar-refractivity contribution in [2.24, 2.45) is 0 Å². The summed E-state index contributed by atoms with van der Waals surface area (Å²) in [6, 6.07) is 3.27. The quantitative estimate of drug-likeness (QED) is 0.801. The summed E-state index contributed by atoms with van der Waals surface area (Å²) >= 11 is 0. The van der Waals surface area contributed by atoms with Gasteiger partial charge in [0.1, 0.15) is 0 Å². The number of carboxylic acids is 1. The Morgan fingerprint density at radius 3 is 2.61 bits per heavy atom. The zero-order chi connectivity index (χ0) is 13.8. The zero-order valence-corrected chi connectivity index (χ0v) is 10.6. The number of nitrogens with one attached hydrogen (secondary N) is 1. The van der Waals surface area contributed by atoms with Crippen molar-refractivity contribution in [1.82, 2.24) is 10.3 Å². The monoisotopic (exact) mass is 252 g/mol. The van der Waals surface area contributed by atoms with Gasteiger partial charge in [-0.25, -0.2) is 4.79 Å². The number of pyridine rings is 1. The molecule has 98 valence electrons. The van der Waals surface area contributed by atoms with E-state index in [1.54, 1.807) is 19.1 Å². The average molecular weight is 252 g/mol. The van der Waals surface area contributed by atoms with Crippen LogP contribution in [0.15, 0.2) is 18.3 Å². The molecular formula is C12H16N2O4. The molecule has 18 heavy (non-hydrogen) atoms. The molecule has 1 amide bonds. The molecule has 1 unspecified atom stereocenters. The van der Waals surface area contributed by atoms with E-state index in [1.165, 1.54) is 20.2 Å². The highest BCUT2D eigenvalue weighted by Crippen LogP contribution is 2.07. The number of aliphatic carboxylic acids is 1. The summed E-state index contributed by atoms with van der Waals surface area (Å²) in [5, 5.41) is 11.5. The topological polar surface area (TPSA) is 88.5 Å². The van der Waals surface area contributed by atoms with Crippen LogP contribution in [0.25, 0.3) is 0 Å². The minimum atomic E-state index is -1.46. The normalized spacial score (nSPS) is 13.7. The first-order valence-electron chi connectivity index (χ1n) is 5.36. The lowest BCUT2D eigenvalue weighted by molar-refractivity contribution is -0.145. The summed E-state index contributed by atoms with van der Waals surface area (Å²) in [6.45, 7) is 3.07. The van der Waals surface area contributed by atoms with Gasteiger partial charge in [0.05, 0.1) is 12.2 Å². The molecule has 0 spiro atoms. The second kappa shape index (κ2) is 5.59. The number of nitrogens with zero attached hydrogens (tertiary/aromatic N) is 1. The van der Waals surface area contributed by atoms with Crippen LogP contribution >= 0.6 is 0 Å². The Hall–Kier alpha value is -1.95. The molecule has 1 atom stereocenters. The Morgan fingerprint density at radius 2 is 2.17 bits per heavy atom. The molecule has 0 radical (unpaired) electrons. The summed E-state index contributed by atoms with van der Waals surface area (Å²) < 4.78 is 4.81. The molecule has 1 aromatic rings. The van der Waals surface area contributed by atoms with Crippen molar-refractivity contribution in [2.45, 2.75) is 19.4 Å². The number of methoxy groups -OCH3 is 1. The van der Waals surface area contributed by atoms with Gasteiger partial charge in [-0.15, -0.1) is 0 Å². The van der Waals surface area contributed by atoms with Crippen molar-refractivity contribution in [1.29, 1.82) is 0 Å². The summed E-state index contributed by atoms with van der Waals surface area (Å²) in [5.41, 5.74) is -0.370. The van der Waals surface area contributed by atoms with E-state index in [-0.39, 0.29) is 6.61 Å². The molecule has 6 nitrogen and oxygen atoms in total. The van der Waals surface area contributed by atoms with Crippen molar-refractivity contribution in [3.8, 4) is 0 Å². The number of hydrogen-bond donors (Lipinski definition) is 2. The van der Waals surface area contributed by atoms with Crippen LogP contribution in [0.2, 0.25) is 0 Å².